The number of aromatic nitrogens is 2. The van der Waals surface area contributed by atoms with E-state index in [0.29, 0.717) is 22.2 Å². The second-order valence-electron chi connectivity index (χ2n) is 8.58. The van der Waals surface area contributed by atoms with Crippen LogP contribution in [0.5, 0.6) is 0 Å². The van der Waals surface area contributed by atoms with Crippen LogP contribution in [0.1, 0.15) is 31.7 Å². The van der Waals surface area contributed by atoms with Crippen molar-refractivity contribution in [2.24, 2.45) is 0 Å². The monoisotopic (exact) mass is 477 g/mol. The van der Waals surface area contributed by atoms with Gasteiger partial charge in [-0.1, -0.05) is 60.3 Å². The van der Waals surface area contributed by atoms with Gasteiger partial charge in [-0.2, -0.15) is 0 Å². The quantitative estimate of drug-likeness (QED) is 0.278. The third-order valence-electron chi connectivity index (χ3n) is 6.36. The Kier molecular flexibility index (Phi) is 6.51. The number of piperidine rings is 1. The number of amides is 1. The molecule has 5 rings (SSSR count). The molecule has 0 aliphatic carbocycles. The van der Waals surface area contributed by atoms with Gasteiger partial charge < -0.3 is 4.90 Å². The van der Waals surface area contributed by atoms with E-state index in [1.165, 1.54) is 35.1 Å². The molecular weight excluding hydrogens is 450 g/mol. The summed E-state index contributed by atoms with van der Waals surface area (Å²) >= 11 is 2.89. The molecule has 2 aromatic carbocycles. The largest absolute Gasteiger partial charge is 0.339 e. The Morgan fingerprint density at radius 3 is 2.73 bits per heavy atom. The van der Waals surface area contributed by atoms with Crippen LogP contribution >= 0.6 is 23.1 Å². The van der Waals surface area contributed by atoms with E-state index in [2.05, 4.69) is 19.1 Å². The van der Waals surface area contributed by atoms with Crippen LogP contribution in [0.2, 0.25) is 0 Å². The number of carbonyl (C=O) groups is 1. The lowest BCUT2D eigenvalue weighted by molar-refractivity contribution is -0.131. The Labute approximate surface area is 201 Å². The average molecular weight is 478 g/mol. The fourth-order valence-corrected chi connectivity index (χ4v) is 6.52. The minimum atomic E-state index is -0.0154. The number of benzene rings is 2. The average Bonchev–Trinajstić information content (AvgIpc) is 3.22. The zero-order valence-corrected chi connectivity index (χ0v) is 20.3. The van der Waals surface area contributed by atoms with Crippen LogP contribution in [0.4, 0.5) is 0 Å². The lowest BCUT2D eigenvalue weighted by Crippen LogP contribution is -2.43. The third kappa shape index (κ3) is 4.57. The second-order valence-corrected chi connectivity index (χ2v) is 10.6. The number of hydrogen-bond donors (Lipinski definition) is 0. The topological polar surface area (TPSA) is 55.2 Å². The summed E-state index contributed by atoms with van der Waals surface area (Å²) in [6.07, 6.45) is 4.04. The van der Waals surface area contributed by atoms with Crippen molar-refractivity contribution in [2.45, 2.75) is 50.4 Å². The summed E-state index contributed by atoms with van der Waals surface area (Å²) in [6, 6.07) is 18.5. The standard InChI is InChI=1S/C26H27N3O2S2/c1-18-9-7-8-15-28(18)22(30)17-32-26-27-23-20-12-5-6-13-21(20)33-24(23)25(31)29(26)16-14-19-10-3-2-4-11-19/h2-6,10-13,18H,7-9,14-17H2,1H3/t18-/m0/s1. The highest BCUT2D eigenvalue weighted by Crippen LogP contribution is 2.32. The molecule has 1 saturated heterocycles. The van der Waals surface area contributed by atoms with Crippen LogP contribution in [0, 0.1) is 0 Å². The van der Waals surface area contributed by atoms with Gasteiger partial charge in [0, 0.05) is 29.2 Å². The molecule has 7 heteroatoms. The van der Waals surface area contributed by atoms with Gasteiger partial charge in [-0.05, 0) is 44.2 Å². The highest BCUT2D eigenvalue weighted by atomic mass is 32.2. The van der Waals surface area contributed by atoms with Gasteiger partial charge in [0.05, 0.1) is 11.3 Å². The van der Waals surface area contributed by atoms with Crippen molar-refractivity contribution in [1.29, 1.82) is 0 Å². The number of nitrogens with zero attached hydrogens (tertiary/aromatic N) is 3. The maximum absolute atomic E-state index is 13.6. The zero-order chi connectivity index (χ0) is 22.8. The third-order valence-corrected chi connectivity index (χ3v) is 8.47. The Bertz CT molecular complexity index is 1350. The van der Waals surface area contributed by atoms with E-state index in [4.69, 9.17) is 4.98 Å². The van der Waals surface area contributed by atoms with Crippen LogP contribution in [0.15, 0.2) is 64.5 Å². The number of likely N-dealkylation sites (tertiary alicyclic amines) is 1. The number of thioether (sulfide) groups is 1. The molecule has 0 unspecified atom stereocenters. The van der Waals surface area contributed by atoms with Gasteiger partial charge in [-0.15, -0.1) is 11.3 Å². The number of thiophene rings is 1. The minimum Gasteiger partial charge on any atom is -0.339 e. The van der Waals surface area contributed by atoms with E-state index in [-0.39, 0.29) is 17.5 Å². The highest BCUT2D eigenvalue weighted by molar-refractivity contribution is 7.99. The molecule has 4 aromatic rings. The predicted molar refractivity (Wildman–Crippen MR) is 137 cm³/mol. The maximum atomic E-state index is 13.6. The molecule has 0 spiro atoms. The van der Waals surface area contributed by atoms with Crippen LogP contribution < -0.4 is 5.56 Å². The van der Waals surface area contributed by atoms with Crippen LogP contribution in [-0.4, -0.2) is 38.7 Å². The van der Waals surface area contributed by atoms with Crippen molar-refractivity contribution in [3.63, 3.8) is 0 Å². The summed E-state index contributed by atoms with van der Waals surface area (Å²) in [5, 5.41) is 1.63. The smallest absolute Gasteiger partial charge is 0.272 e. The Morgan fingerprint density at radius 2 is 1.91 bits per heavy atom. The predicted octanol–water partition coefficient (Wildman–Crippen LogP) is 5.35. The van der Waals surface area contributed by atoms with E-state index in [9.17, 15) is 9.59 Å². The van der Waals surface area contributed by atoms with Gasteiger partial charge in [-0.25, -0.2) is 4.98 Å². The van der Waals surface area contributed by atoms with Gasteiger partial charge in [-0.3, -0.25) is 14.2 Å². The van der Waals surface area contributed by atoms with Gasteiger partial charge in [0.25, 0.3) is 5.56 Å². The molecule has 1 aliphatic rings. The van der Waals surface area contributed by atoms with Crippen molar-refractivity contribution in [1.82, 2.24) is 14.5 Å². The van der Waals surface area contributed by atoms with Crippen molar-refractivity contribution >= 4 is 49.3 Å². The molecule has 5 nitrogen and oxygen atoms in total. The van der Waals surface area contributed by atoms with E-state index < -0.39 is 0 Å². The molecule has 0 saturated carbocycles. The van der Waals surface area contributed by atoms with Crippen molar-refractivity contribution in [3.8, 4) is 0 Å². The molecule has 0 bridgehead atoms. The molecular formula is C26H27N3O2S2. The summed E-state index contributed by atoms with van der Waals surface area (Å²) in [5.41, 5.74) is 1.91. The molecule has 1 fully saturated rings. The molecule has 1 atom stereocenters. The zero-order valence-electron chi connectivity index (χ0n) is 18.7. The molecule has 1 aliphatic heterocycles. The molecule has 0 radical (unpaired) electrons. The minimum absolute atomic E-state index is 0.0154. The second kappa shape index (κ2) is 9.69. The molecule has 33 heavy (non-hydrogen) atoms. The first-order chi connectivity index (χ1) is 16.1. The van der Waals surface area contributed by atoms with Crippen LogP contribution in [0.25, 0.3) is 20.3 Å². The first kappa shape index (κ1) is 22.2. The Balaban J connectivity index is 1.49. The fraction of sp³-hybridized carbons (Fsp3) is 0.346. The summed E-state index contributed by atoms with van der Waals surface area (Å²) in [5.74, 6) is 0.432. The number of aryl methyl sites for hydroxylation is 1. The number of carbonyl (C=O) groups excluding carboxylic acids is 1. The Morgan fingerprint density at radius 1 is 1.12 bits per heavy atom. The normalized spacial score (nSPS) is 16.5. The lowest BCUT2D eigenvalue weighted by atomic mass is 10.0. The molecule has 170 valence electrons. The first-order valence-electron chi connectivity index (χ1n) is 11.5. The molecule has 0 N–H and O–H groups in total. The van der Waals surface area contributed by atoms with E-state index in [1.807, 2.05) is 47.4 Å². The van der Waals surface area contributed by atoms with Gasteiger partial charge in [0.2, 0.25) is 5.91 Å². The highest BCUT2D eigenvalue weighted by Gasteiger charge is 2.24. The van der Waals surface area contributed by atoms with Gasteiger partial charge >= 0.3 is 0 Å². The number of rotatable bonds is 6. The maximum Gasteiger partial charge on any atom is 0.272 e. The van der Waals surface area contributed by atoms with Gasteiger partial charge in [0.15, 0.2) is 5.16 Å². The lowest BCUT2D eigenvalue weighted by Gasteiger charge is -2.33. The van der Waals surface area contributed by atoms with E-state index in [1.54, 1.807) is 4.57 Å². The summed E-state index contributed by atoms with van der Waals surface area (Å²) in [7, 11) is 0. The number of hydrogen-bond acceptors (Lipinski definition) is 5. The SMILES string of the molecule is C[C@H]1CCCCN1C(=O)CSc1nc2c(sc3ccccc32)c(=O)n1CCc1ccccc1. The van der Waals surface area contributed by atoms with Crippen molar-refractivity contribution in [2.75, 3.05) is 12.3 Å². The van der Waals surface area contributed by atoms with E-state index >= 15 is 0 Å². The van der Waals surface area contributed by atoms with Crippen molar-refractivity contribution in [3.05, 3.63) is 70.5 Å². The number of fused-ring (bicyclic) bond motifs is 3. The van der Waals surface area contributed by atoms with Gasteiger partial charge in [0.1, 0.15) is 4.70 Å². The van der Waals surface area contributed by atoms with E-state index in [0.717, 1.165) is 41.4 Å². The summed E-state index contributed by atoms with van der Waals surface area (Å²) in [6.45, 7) is 3.49. The summed E-state index contributed by atoms with van der Waals surface area (Å²) < 4.78 is 3.51. The fourth-order valence-electron chi connectivity index (χ4n) is 4.52. The molecule has 2 aromatic heterocycles. The van der Waals surface area contributed by atoms with Crippen LogP contribution in [0.3, 0.4) is 0 Å². The Hall–Kier alpha value is -2.64. The summed E-state index contributed by atoms with van der Waals surface area (Å²) in [4.78, 5) is 33.5. The first-order valence-corrected chi connectivity index (χ1v) is 13.3. The molecule has 3 heterocycles. The van der Waals surface area contributed by atoms with Crippen LogP contribution in [-0.2, 0) is 17.8 Å². The molecule has 1 amide bonds. The van der Waals surface area contributed by atoms with Crippen molar-refractivity contribution < 1.29 is 4.79 Å².